The third-order valence-electron chi connectivity index (χ3n) is 11.2. The number of nitrogens with one attached hydrogen (secondary N) is 6. The molecule has 1 aromatic rings. The van der Waals surface area contributed by atoms with Gasteiger partial charge in [-0.15, -0.1) is 0 Å². The molecule has 1 fully saturated rings. The molecule has 1 aliphatic rings. The maximum Gasteiger partial charge on any atom is 3.00 e. The summed E-state index contributed by atoms with van der Waals surface area (Å²) in [6.45, 7) is -0.232. The quantitative estimate of drug-likeness (QED) is 0.0271. The number of unbranched alkanes of at least 4 members (excludes halogenated alkanes) is 1. The molecule has 2 rings (SSSR count). The SMILES string of the molecule is O=C(O)CC[C@H](NC(=O)N[C@@H](CCC(=O)N[C@@H](CCC(=O)O)C(=O)NCCCCNC(=S)Nc1cccc(CC2CN(CC(=O)O)CCN(CC(=O)O)CCN(CC(=O)O)CCN2CC(=O)O)c1)C(=O)O)C(=O)O.[Lu+3]. The predicted molar refractivity (Wildman–Crippen MR) is 261 cm³/mol. The van der Waals surface area contributed by atoms with E-state index >= 15 is 0 Å². The van der Waals surface area contributed by atoms with Crippen LogP contribution >= 0.6 is 12.2 Å². The Morgan fingerprint density at radius 3 is 1.53 bits per heavy atom. The molecule has 1 aliphatic heterocycles. The van der Waals surface area contributed by atoms with Gasteiger partial charge in [-0.25, -0.2) is 14.4 Å². The molecule has 4 atom stereocenters. The fraction of sp³-hybridized carbons (Fsp3) is 0.591. The Kier molecular flexibility index (Phi) is 32.2. The molecule has 0 bridgehead atoms. The van der Waals surface area contributed by atoms with Gasteiger partial charge < -0.3 is 72.8 Å². The second-order valence-electron chi connectivity index (χ2n) is 17.2. The number of anilines is 1. The minimum Gasteiger partial charge on any atom is -0.481 e. The molecule has 424 valence electrons. The molecule has 0 aliphatic carbocycles. The van der Waals surface area contributed by atoms with Crippen LogP contribution in [0.4, 0.5) is 10.5 Å². The van der Waals surface area contributed by atoms with Crippen molar-refractivity contribution in [1.82, 2.24) is 46.2 Å². The average Bonchev–Trinajstić information content (AvgIpc) is 3.29. The Bertz CT molecular complexity index is 2140. The number of benzene rings is 1. The normalized spacial score (nSPS) is 16.1. The number of hydrogen-bond acceptors (Lipinski definition) is 16. The molecule has 14 N–H and O–H groups in total. The Balaban J connectivity index is 0.0000281. The number of carbonyl (C=O) groups is 11. The molecular formula is C44H66LuN10O19S+3. The number of urea groups is 1. The van der Waals surface area contributed by atoms with Crippen LogP contribution in [0.5, 0.6) is 0 Å². The van der Waals surface area contributed by atoms with Gasteiger partial charge in [0.25, 0.3) is 0 Å². The van der Waals surface area contributed by atoms with Crippen molar-refractivity contribution in [2.45, 2.75) is 82.0 Å². The zero-order valence-corrected chi connectivity index (χ0v) is 43.2. The van der Waals surface area contributed by atoms with E-state index in [2.05, 4.69) is 21.3 Å². The van der Waals surface area contributed by atoms with Crippen molar-refractivity contribution in [3.8, 4) is 0 Å². The fourth-order valence-electron chi connectivity index (χ4n) is 7.59. The van der Waals surface area contributed by atoms with Crippen molar-refractivity contribution in [2.75, 3.05) is 90.4 Å². The Morgan fingerprint density at radius 2 is 1.03 bits per heavy atom. The van der Waals surface area contributed by atoms with Crippen LogP contribution < -0.4 is 31.9 Å². The summed E-state index contributed by atoms with van der Waals surface area (Å²) in [5.41, 5.74) is 1.27. The van der Waals surface area contributed by atoms with E-state index < -0.39 is 135 Å². The van der Waals surface area contributed by atoms with Crippen molar-refractivity contribution in [2.24, 2.45) is 0 Å². The van der Waals surface area contributed by atoms with E-state index in [0.29, 0.717) is 25.1 Å². The van der Waals surface area contributed by atoms with E-state index in [1.165, 1.54) is 0 Å². The number of amides is 4. The van der Waals surface area contributed by atoms with E-state index in [-0.39, 0.29) is 120 Å². The summed E-state index contributed by atoms with van der Waals surface area (Å²) in [5.74, 6) is -11.9. The first kappa shape index (κ1) is 67.0. The molecule has 4 amide bonds. The fourth-order valence-corrected chi connectivity index (χ4v) is 7.81. The molecule has 1 heterocycles. The molecule has 31 heteroatoms. The molecule has 1 unspecified atom stereocenters. The zero-order valence-electron chi connectivity index (χ0n) is 40.7. The minimum absolute atomic E-state index is 0. The van der Waals surface area contributed by atoms with Crippen LogP contribution in [0, 0.1) is 36.9 Å². The minimum atomic E-state index is -1.71. The molecule has 75 heavy (non-hydrogen) atoms. The van der Waals surface area contributed by atoms with Crippen LogP contribution in [0.15, 0.2) is 24.3 Å². The zero-order chi connectivity index (χ0) is 55.3. The van der Waals surface area contributed by atoms with E-state index in [1.54, 1.807) is 43.9 Å². The van der Waals surface area contributed by atoms with Crippen LogP contribution in [0.3, 0.4) is 0 Å². The molecular weight excluding hydrogens is 1180 g/mol. The first-order valence-corrected chi connectivity index (χ1v) is 23.8. The van der Waals surface area contributed by atoms with Gasteiger partial charge in [0.05, 0.1) is 26.2 Å². The van der Waals surface area contributed by atoms with Gasteiger partial charge in [0.1, 0.15) is 18.1 Å². The standard InChI is InChI=1S/C44H66N10O19S.Lu/c55-33(9-6-31(41(69)70)49-43(73)50-32(42(71)72)8-11-35(58)59)48-30(7-10-34(56)57)40(68)45-12-1-2-13-46-44(74)47-28-5-3-4-27(20-28)21-29-22-53(25-38(64)65)17-16-51(23-36(60)61)14-15-52(24-37(62)63)18-19-54(29)26-39(66)67;/h3-5,20,29-32H,1-2,6-19,21-26H2,(H,45,68)(H,48,55)(H,56,57)(H,58,59)(H,60,61)(H,62,63)(H,64,65)(H,66,67)(H,69,70)(H,71,72)(H2,46,47,74)(H2,49,50,73);/q;+3/t29?,30-,31-,32-;/m0./s1. The summed E-state index contributed by atoms with van der Waals surface area (Å²) in [6, 6.07) is 0.488. The summed E-state index contributed by atoms with van der Waals surface area (Å²) >= 11 is 5.48. The number of carboxylic acids is 8. The second-order valence-corrected chi connectivity index (χ2v) is 17.6. The van der Waals surface area contributed by atoms with Crippen molar-refractivity contribution >= 4 is 88.6 Å². The van der Waals surface area contributed by atoms with E-state index in [1.807, 2.05) is 10.6 Å². The van der Waals surface area contributed by atoms with Crippen LogP contribution in [0.2, 0.25) is 0 Å². The Hall–Kier alpha value is -6.05. The van der Waals surface area contributed by atoms with Crippen molar-refractivity contribution in [3.63, 3.8) is 0 Å². The van der Waals surface area contributed by atoms with Crippen LogP contribution in [0.25, 0.3) is 0 Å². The van der Waals surface area contributed by atoms with Gasteiger partial charge in [-0.05, 0) is 68.4 Å². The Labute approximate surface area is 464 Å². The van der Waals surface area contributed by atoms with Gasteiger partial charge in [-0.1, -0.05) is 12.1 Å². The number of thiocarbonyl (C=S) groups is 1. The number of rotatable bonds is 31. The summed E-state index contributed by atoms with van der Waals surface area (Å²) in [6.07, 6.45) is -1.93. The largest absolute Gasteiger partial charge is 3.00 e. The monoisotopic (exact) mass is 1250 g/mol. The first-order valence-electron chi connectivity index (χ1n) is 23.4. The van der Waals surface area contributed by atoms with Crippen molar-refractivity contribution < 1.29 is 130 Å². The van der Waals surface area contributed by atoms with Crippen LogP contribution in [-0.2, 0) is 54.4 Å². The number of carboxylic acid groups (broad SMARTS) is 8. The predicted octanol–water partition coefficient (Wildman–Crippen LogP) is -2.46. The molecule has 29 nitrogen and oxygen atoms in total. The number of nitrogens with zero attached hydrogens (tertiary/aromatic N) is 4. The summed E-state index contributed by atoms with van der Waals surface area (Å²) in [5, 5.41) is 90.8. The maximum atomic E-state index is 13.0. The maximum absolute atomic E-state index is 13.0. The van der Waals surface area contributed by atoms with Gasteiger partial charge >= 0.3 is 90.7 Å². The van der Waals surface area contributed by atoms with Gasteiger partial charge in [0.2, 0.25) is 11.8 Å². The van der Waals surface area contributed by atoms with Crippen LogP contribution in [0.1, 0.15) is 56.9 Å². The first-order chi connectivity index (χ1) is 34.9. The van der Waals surface area contributed by atoms with Gasteiger partial charge in [-0.2, -0.15) is 0 Å². The molecule has 1 aromatic carbocycles. The topological polar surface area (TPSA) is 435 Å². The van der Waals surface area contributed by atoms with Gasteiger partial charge in [0.15, 0.2) is 5.11 Å². The molecule has 1 saturated heterocycles. The van der Waals surface area contributed by atoms with Crippen molar-refractivity contribution in [1.29, 1.82) is 0 Å². The number of hydrogen-bond donors (Lipinski definition) is 14. The van der Waals surface area contributed by atoms with E-state index in [9.17, 15) is 88.5 Å². The van der Waals surface area contributed by atoms with E-state index in [0.717, 1.165) is 5.56 Å². The van der Waals surface area contributed by atoms with Crippen LogP contribution in [-0.4, -0.2) is 240 Å². The third-order valence-corrected chi connectivity index (χ3v) is 11.5. The average molecular weight is 1250 g/mol. The summed E-state index contributed by atoms with van der Waals surface area (Å²) < 4.78 is 0. The molecule has 0 radical (unpaired) electrons. The smallest absolute Gasteiger partial charge is 0.481 e. The Morgan fingerprint density at radius 1 is 0.560 bits per heavy atom. The summed E-state index contributed by atoms with van der Waals surface area (Å²) in [7, 11) is 0. The van der Waals surface area contributed by atoms with Gasteiger partial charge in [0, 0.05) is 89.9 Å². The number of carbonyl (C=O) groups excluding carboxylic acids is 3. The van der Waals surface area contributed by atoms with Gasteiger partial charge in [-0.3, -0.25) is 58.0 Å². The second kappa shape index (κ2) is 36.0. The summed E-state index contributed by atoms with van der Waals surface area (Å²) in [4.78, 5) is 137. The third kappa shape index (κ3) is 30.2. The molecule has 0 spiro atoms. The van der Waals surface area contributed by atoms with Crippen molar-refractivity contribution in [3.05, 3.63) is 29.8 Å². The van der Waals surface area contributed by atoms with E-state index in [4.69, 9.17) is 17.3 Å². The number of aliphatic carboxylic acids is 8. The molecule has 0 saturated carbocycles. The molecule has 0 aromatic heterocycles.